The molecule has 0 aliphatic carbocycles. The van der Waals surface area contributed by atoms with E-state index in [-0.39, 0.29) is 0 Å². The lowest BCUT2D eigenvalue weighted by Gasteiger charge is -2.06. The number of halogens is 1. The topological polar surface area (TPSA) is 12.0 Å². The van der Waals surface area contributed by atoms with Gasteiger partial charge in [-0.25, -0.2) is 0 Å². The Morgan fingerprint density at radius 2 is 1.67 bits per heavy atom. The molecule has 0 aliphatic heterocycles. The molecule has 1 nitrogen and oxygen atoms in total. The number of thioether (sulfide) groups is 1. The third kappa shape index (κ3) is 4.63. The fourth-order valence-corrected chi connectivity index (χ4v) is 2.54. The zero-order valence-electron chi connectivity index (χ0n) is 10.1. The third-order valence-corrected chi connectivity index (χ3v) is 3.81. The highest BCUT2D eigenvalue weighted by Crippen LogP contribution is 2.15. The highest BCUT2D eigenvalue weighted by molar-refractivity contribution is 7.98. The van der Waals surface area contributed by atoms with Crippen LogP contribution in [0.2, 0.25) is 5.02 Å². The second-order valence-electron chi connectivity index (χ2n) is 3.97. The van der Waals surface area contributed by atoms with Gasteiger partial charge in [0.15, 0.2) is 0 Å². The van der Waals surface area contributed by atoms with E-state index in [9.17, 15) is 0 Å². The zero-order chi connectivity index (χ0) is 12.6. The minimum Gasteiger partial charge on any atom is -0.384 e. The summed E-state index contributed by atoms with van der Waals surface area (Å²) in [6.45, 7) is 0.988. The third-order valence-electron chi connectivity index (χ3n) is 2.53. The Balaban J connectivity index is 1.63. The number of hydrogen-bond acceptors (Lipinski definition) is 2. The lowest BCUT2D eigenvalue weighted by atomic mass is 10.2. The molecule has 0 saturated carbocycles. The first-order valence-corrected chi connectivity index (χ1v) is 7.49. The van der Waals surface area contributed by atoms with Crippen molar-refractivity contribution < 1.29 is 0 Å². The predicted octanol–water partition coefficient (Wildman–Crippen LogP) is 4.69. The van der Waals surface area contributed by atoms with E-state index in [1.807, 2.05) is 42.1 Å². The molecule has 1 N–H and O–H groups in total. The SMILES string of the molecule is Clc1ccc(CSCCNc2ccccc2)cc1. The lowest BCUT2D eigenvalue weighted by molar-refractivity contribution is 1.22. The molecule has 0 atom stereocenters. The summed E-state index contributed by atoms with van der Waals surface area (Å²) in [6.07, 6.45) is 0. The summed E-state index contributed by atoms with van der Waals surface area (Å²) >= 11 is 7.77. The largest absolute Gasteiger partial charge is 0.384 e. The average molecular weight is 278 g/mol. The van der Waals surface area contributed by atoms with Gasteiger partial charge in [-0.05, 0) is 29.8 Å². The van der Waals surface area contributed by atoms with Gasteiger partial charge in [0.1, 0.15) is 0 Å². The number of anilines is 1. The van der Waals surface area contributed by atoms with Gasteiger partial charge in [0.2, 0.25) is 0 Å². The second kappa shape index (κ2) is 7.34. The van der Waals surface area contributed by atoms with Crippen LogP contribution in [-0.4, -0.2) is 12.3 Å². The van der Waals surface area contributed by atoms with Crippen LogP contribution >= 0.6 is 23.4 Å². The molecule has 0 spiro atoms. The molecule has 2 aromatic rings. The van der Waals surface area contributed by atoms with Gasteiger partial charge in [-0.3, -0.25) is 0 Å². The van der Waals surface area contributed by atoms with Crippen LogP contribution in [0.15, 0.2) is 54.6 Å². The van der Waals surface area contributed by atoms with Crippen LogP contribution in [0.25, 0.3) is 0 Å². The molecule has 0 amide bonds. The van der Waals surface area contributed by atoms with Gasteiger partial charge in [-0.15, -0.1) is 0 Å². The standard InChI is InChI=1S/C15H16ClNS/c16-14-8-6-13(7-9-14)12-18-11-10-17-15-4-2-1-3-5-15/h1-9,17H,10-12H2. The van der Waals surface area contributed by atoms with Gasteiger partial charge in [0.25, 0.3) is 0 Å². The molecule has 2 rings (SSSR count). The van der Waals surface area contributed by atoms with Crippen molar-refractivity contribution >= 4 is 29.1 Å². The first kappa shape index (κ1) is 13.3. The zero-order valence-corrected chi connectivity index (χ0v) is 11.7. The fourth-order valence-electron chi connectivity index (χ4n) is 1.59. The van der Waals surface area contributed by atoms with Crippen molar-refractivity contribution in [2.45, 2.75) is 5.75 Å². The Kier molecular flexibility index (Phi) is 5.43. The fraction of sp³-hybridized carbons (Fsp3) is 0.200. The number of hydrogen-bond donors (Lipinski definition) is 1. The van der Waals surface area contributed by atoms with Crippen molar-refractivity contribution in [1.82, 2.24) is 0 Å². The summed E-state index contributed by atoms with van der Waals surface area (Å²) in [6, 6.07) is 18.3. The Labute approximate surface area is 118 Å². The summed E-state index contributed by atoms with van der Waals surface area (Å²) in [5.74, 6) is 2.13. The Bertz CT molecular complexity index is 456. The highest BCUT2D eigenvalue weighted by Gasteiger charge is 1.94. The number of nitrogens with one attached hydrogen (secondary N) is 1. The van der Waals surface area contributed by atoms with Crippen LogP contribution < -0.4 is 5.32 Å². The average Bonchev–Trinajstić information content (AvgIpc) is 2.42. The van der Waals surface area contributed by atoms with E-state index in [4.69, 9.17) is 11.6 Å². The molecule has 0 heterocycles. The molecule has 18 heavy (non-hydrogen) atoms. The van der Waals surface area contributed by atoms with E-state index >= 15 is 0 Å². The minimum absolute atomic E-state index is 0.800. The van der Waals surface area contributed by atoms with Crippen LogP contribution in [0.1, 0.15) is 5.56 Å². The van der Waals surface area contributed by atoms with E-state index in [1.54, 1.807) is 0 Å². The number of benzene rings is 2. The maximum atomic E-state index is 5.85. The summed E-state index contributed by atoms with van der Waals surface area (Å²) < 4.78 is 0. The van der Waals surface area contributed by atoms with Crippen LogP contribution in [0.5, 0.6) is 0 Å². The molecule has 0 aliphatic rings. The first-order valence-electron chi connectivity index (χ1n) is 5.96. The minimum atomic E-state index is 0.800. The van der Waals surface area contributed by atoms with E-state index in [0.29, 0.717) is 0 Å². The molecule has 2 aromatic carbocycles. The summed E-state index contributed by atoms with van der Waals surface area (Å²) in [5, 5.41) is 4.20. The molecule has 94 valence electrons. The molecular formula is C15H16ClNS. The number of para-hydroxylation sites is 1. The predicted molar refractivity (Wildman–Crippen MR) is 82.5 cm³/mol. The lowest BCUT2D eigenvalue weighted by Crippen LogP contribution is -2.03. The van der Waals surface area contributed by atoms with Crippen LogP contribution in [-0.2, 0) is 5.75 Å². The summed E-state index contributed by atoms with van der Waals surface area (Å²) in [4.78, 5) is 0. The second-order valence-corrected chi connectivity index (χ2v) is 5.51. The van der Waals surface area contributed by atoms with E-state index in [1.165, 1.54) is 11.3 Å². The van der Waals surface area contributed by atoms with Crippen molar-refractivity contribution in [3.8, 4) is 0 Å². The molecular weight excluding hydrogens is 262 g/mol. The van der Waals surface area contributed by atoms with Crippen LogP contribution in [0.4, 0.5) is 5.69 Å². The smallest absolute Gasteiger partial charge is 0.0406 e. The molecule has 0 unspecified atom stereocenters. The van der Waals surface area contributed by atoms with Gasteiger partial charge >= 0.3 is 0 Å². The monoisotopic (exact) mass is 277 g/mol. The summed E-state index contributed by atoms with van der Waals surface area (Å²) in [5.41, 5.74) is 2.51. The number of rotatable bonds is 6. The van der Waals surface area contributed by atoms with Crippen molar-refractivity contribution in [3.63, 3.8) is 0 Å². The van der Waals surface area contributed by atoms with Crippen molar-refractivity contribution in [2.24, 2.45) is 0 Å². The van der Waals surface area contributed by atoms with Gasteiger partial charge in [0.05, 0.1) is 0 Å². The molecule has 0 saturated heterocycles. The highest BCUT2D eigenvalue weighted by atomic mass is 35.5. The Morgan fingerprint density at radius 3 is 2.39 bits per heavy atom. The molecule has 0 bridgehead atoms. The molecule has 3 heteroatoms. The van der Waals surface area contributed by atoms with Gasteiger partial charge in [-0.2, -0.15) is 11.8 Å². The van der Waals surface area contributed by atoms with Crippen LogP contribution in [0.3, 0.4) is 0 Å². The van der Waals surface area contributed by atoms with E-state index < -0.39 is 0 Å². The van der Waals surface area contributed by atoms with Crippen molar-refractivity contribution in [2.75, 3.05) is 17.6 Å². The van der Waals surface area contributed by atoms with Gasteiger partial charge < -0.3 is 5.32 Å². The first-order chi connectivity index (χ1) is 8.84. The maximum absolute atomic E-state index is 5.85. The molecule has 0 aromatic heterocycles. The molecule has 0 fully saturated rings. The molecule has 0 radical (unpaired) electrons. The normalized spacial score (nSPS) is 10.3. The summed E-state index contributed by atoms with van der Waals surface area (Å²) in [7, 11) is 0. The van der Waals surface area contributed by atoms with Gasteiger partial charge in [0, 0.05) is 28.8 Å². The quantitative estimate of drug-likeness (QED) is 0.769. The Morgan fingerprint density at radius 1 is 0.944 bits per heavy atom. The van der Waals surface area contributed by atoms with Crippen molar-refractivity contribution in [1.29, 1.82) is 0 Å². The van der Waals surface area contributed by atoms with Crippen LogP contribution in [0, 0.1) is 0 Å². The van der Waals surface area contributed by atoms with Gasteiger partial charge in [-0.1, -0.05) is 41.9 Å². The maximum Gasteiger partial charge on any atom is 0.0406 e. The van der Waals surface area contributed by atoms with Crippen molar-refractivity contribution in [3.05, 3.63) is 65.2 Å². The van der Waals surface area contributed by atoms with E-state index in [2.05, 4.69) is 29.6 Å². The van der Waals surface area contributed by atoms with E-state index in [0.717, 1.165) is 23.1 Å². The Hall–Kier alpha value is -1.12.